The number of halogens is 1. The van der Waals surface area contributed by atoms with Crippen LogP contribution < -0.4 is 0 Å². The smallest absolute Gasteiger partial charge is 0.306 e. The SMILES string of the molecule is O=C(O)[C@H]1CCC(n2nncc2-c2ccc(Br)cc2)C1. The van der Waals surface area contributed by atoms with E-state index >= 15 is 0 Å². The quantitative estimate of drug-likeness (QED) is 0.935. The maximum absolute atomic E-state index is 11.1. The second kappa shape index (κ2) is 5.36. The molecule has 2 aromatic rings. The number of rotatable bonds is 3. The third-order valence-corrected chi connectivity index (χ3v) is 4.34. The molecular weight excluding hydrogens is 322 g/mol. The van der Waals surface area contributed by atoms with Crippen molar-refractivity contribution in [3.05, 3.63) is 34.9 Å². The topological polar surface area (TPSA) is 68.0 Å². The number of carboxylic acids is 1. The van der Waals surface area contributed by atoms with Gasteiger partial charge in [0.2, 0.25) is 0 Å². The Kier molecular flexibility index (Phi) is 3.56. The fraction of sp³-hybridized carbons (Fsp3) is 0.357. The Morgan fingerprint density at radius 3 is 2.70 bits per heavy atom. The van der Waals surface area contributed by atoms with E-state index in [4.69, 9.17) is 5.11 Å². The average molecular weight is 336 g/mol. The molecule has 1 aromatic carbocycles. The molecule has 1 N–H and O–H groups in total. The van der Waals surface area contributed by atoms with Crippen LogP contribution in [0.15, 0.2) is 34.9 Å². The van der Waals surface area contributed by atoms with Gasteiger partial charge in [-0.2, -0.15) is 0 Å². The number of carboxylic acid groups (broad SMARTS) is 1. The largest absolute Gasteiger partial charge is 0.481 e. The van der Waals surface area contributed by atoms with Crippen LogP contribution in [0.4, 0.5) is 0 Å². The van der Waals surface area contributed by atoms with Crippen LogP contribution in [0.1, 0.15) is 25.3 Å². The first kappa shape index (κ1) is 13.3. The van der Waals surface area contributed by atoms with Crippen LogP contribution in [0.5, 0.6) is 0 Å². The first-order chi connectivity index (χ1) is 9.65. The molecule has 1 saturated carbocycles. The van der Waals surface area contributed by atoms with Gasteiger partial charge in [-0.05, 0) is 31.4 Å². The Labute approximate surface area is 124 Å². The number of carbonyl (C=O) groups is 1. The maximum Gasteiger partial charge on any atom is 0.306 e. The van der Waals surface area contributed by atoms with Gasteiger partial charge in [0.15, 0.2) is 0 Å². The monoisotopic (exact) mass is 335 g/mol. The van der Waals surface area contributed by atoms with Gasteiger partial charge in [-0.25, -0.2) is 4.68 Å². The minimum atomic E-state index is -0.710. The van der Waals surface area contributed by atoms with E-state index in [2.05, 4.69) is 26.2 Å². The minimum Gasteiger partial charge on any atom is -0.481 e. The molecule has 6 heteroatoms. The van der Waals surface area contributed by atoms with Crippen molar-refractivity contribution in [1.82, 2.24) is 15.0 Å². The Morgan fingerprint density at radius 2 is 2.05 bits per heavy atom. The van der Waals surface area contributed by atoms with Crippen molar-refractivity contribution in [1.29, 1.82) is 0 Å². The van der Waals surface area contributed by atoms with Crippen LogP contribution in [-0.2, 0) is 4.79 Å². The van der Waals surface area contributed by atoms with Gasteiger partial charge in [0.1, 0.15) is 0 Å². The second-order valence-electron chi connectivity index (χ2n) is 5.07. The molecule has 0 amide bonds. The van der Waals surface area contributed by atoms with E-state index in [1.54, 1.807) is 6.20 Å². The fourth-order valence-electron chi connectivity index (χ4n) is 2.74. The number of aliphatic carboxylic acids is 1. The molecule has 1 unspecified atom stereocenters. The van der Waals surface area contributed by atoms with Crippen molar-refractivity contribution in [2.24, 2.45) is 5.92 Å². The molecule has 0 saturated heterocycles. The average Bonchev–Trinajstić information content (AvgIpc) is 3.08. The Bertz CT molecular complexity index is 624. The van der Waals surface area contributed by atoms with E-state index in [1.165, 1.54) is 0 Å². The summed E-state index contributed by atoms with van der Waals surface area (Å²) < 4.78 is 2.89. The summed E-state index contributed by atoms with van der Waals surface area (Å²) in [5.41, 5.74) is 1.98. The van der Waals surface area contributed by atoms with Gasteiger partial charge in [0.05, 0.1) is 23.9 Å². The lowest BCUT2D eigenvalue weighted by atomic mass is 10.1. The zero-order valence-corrected chi connectivity index (χ0v) is 12.3. The molecule has 5 nitrogen and oxygen atoms in total. The molecule has 3 rings (SSSR count). The molecule has 1 aliphatic rings. The van der Waals surface area contributed by atoms with Crippen molar-refractivity contribution in [3.8, 4) is 11.3 Å². The van der Waals surface area contributed by atoms with E-state index < -0.39 is 5.97 Å². The summed E-state index contributed by atoms with van der Waals surface area (Å²) in [5.74, 6) is -0.972. The first-order valence-corrected chi connectivity index (χ1v) is 7.33. The summed E-state index contributed by atoms with van der Waals surface area (Å²) in [5, 5.41) is 17.2. The maximum atomic E-state index is 11.1. The van der Waals surface area contributed by atoms with Gasteiger partial charge in [-0.15, -0.1) is 5.10 Å². The van der Waals surface area contributed by atoms with Crippen LogP contribution in [0.2, 0.25) is 0 Å². The standard InChI is InChI=1S/C14H14BrN3O2/c15-11-4-1-9(2-5-11)13-8-16-17-18(13)12-6-3-10(7-12)14(19)20/h1-2,4-5,8,10,12H,3,6-7H2,(H,19,20)/t10-,12?/m0/s1. The summed E-state index contributed by atoms with van der Waals surface area (Å²) in [6.07, 6.45) is 3.91. The van der Waals surface area contributed by atoms with Crippen molar-refractivity contribution >= 4 is 21.9 Å². The van der Waals surface area contributed by atoms with Gasteiger partial charge < -0.3 is 5.11 Å². The third kappa shape index (κ3) is 2.47. The first-order valence-electron chi connectivity index (χ1n) is 6.54. The van der Waals surface area contributed by atoms with Crippen LogP contribution >= 0.6 is 15.9 Å². The normalized spacial score (nSPS) is 22.1. The van der Waals surface area contributed by atoms with Gasteiger partial charge >= 0.3 is 5.97 Å². The molecule has 1 fully saturated rings. The number of nitrogens with zero attached hydrogens (tertiary/aromatic N) is 3. The van der Waals surface area contributed by atoms with E-state index in [9.17, 15) is 4.79 Å². The molecule has 0 radical (unpaired) electrons. The minimum absolute atomic E-state index is 0.122. The number of hydrogen-bond acceptors (Lipinski definition) is 3. The molecule has 1 aliphatic carbocycles. The number of hydrogen-bond donors (Lipinski definition) is 1. The van der Waals surface area contributed by atoms with Crippen LogP contribution in [0, 0.1) is 5.92 Å². The van der Waals surface area contributed by atoms with Gasteiger partial charge in [-0.1, -0.05) is 33.3 Å². The highest BCUT2D eigenvalue weighted by molar-refractivity contribution is 9.10. The lowest BCUT2D eigenvalue weighted by Crippen LogP contribution is -2.13. The molecule has 20 heavy (non-hydrogen) atoms. The lowest BCUT2D eigenvalue weighted by Gasteiger charge is -2.13. The summed E-state index contributed by atoms with van der Waals surface area (Å²) in [6, 6.07) is 8.08. The van der Waals surface area contributed by atoms with E-state index in [0.717, 1.165) is 22.2 Å². The molecule has 2 atom stereocenters. The highest BCUT2D eigenvalue weighted by atomic mass is 79.9. The van der Waals surface area contributed by atoms with Crippen molar-refractivity contribution in [3.63, 3.8) is 0 Å². The summed E-state index contributed by atoms with van der Waals surface area (Å²) >= 11 is 3.41. The fourth-order valence-corrected chi connectivity index (χ4v) is 3.01. The van der Waals surface area contributed by atoms with Crippen LogP contribution in [0.3, 0.4) is 0 Å². The predicted molar refractivity (Wildman–Crippen MR) is 77.2 cm³/mol. The molecule has 0 aliphatic heterocycles. The number of aromatic nitrogens is 3. The Balaban J connectivity index is 1.87. The summed E-state index contributed by atoms with van der Waals surface area (Å²) in [7, 11) is 0. The molecule has 1 aromatic heterocycles. The van der Waals surface area contributed by atoms with E-state index in [0.29, 0.717) is 12.8 Å². The zero-order valence-electron chi connectivity index (χ0n) is 10.7. The Hall–Kier alpha value is -1.69. The van der Waals surface area contributed by atoms with Crippen molar-refractivity contribution in [2.45, 2.75) is 25.3 Å². The van der Waals surface area contributed by atoms with Gasteiger partial charge in [0, 0.05) is 10.0 Å². The Morgan fingerprint density at radius 1 is 1.30 bits per heavy atom. The third-order valence-electron chi connectivity index (χ3n) is 3.81. The molecule has 0 spiro atoms. The van der Waals surface area contributed by atoms with Gasteiger partial charge in [0.25, 0.3) is 0 Å². The van der Waals surface area contributed by atoms with E-state index in [-0.39, 0.29) is 12.0 Å². The predicted octanol–water partition coefficient (Wildman–Crippen LogP) is 3.13. The summed E-state index contributed by atoms with van der Waals surface area (Å²) in [6.45, 7) is 0. The van der Waals surface area contributed by atoms with Crippen molar-refractivity contribution in [2.75, 3.05) is 0 Å². The molecule has 104 valence electrons. The summed E-state index contributed by atoms with van der Waals surface area (Å²) in [4.78, 5) is 11.1. The van der Waals surface area contributed by atoms with Crippen LogP contribution in [-0.4, -0.2) is 26.1 Å². The number of benzene rings is 1. The van der Waals surface area contributed by atoms with Crippen LogP contribution in [0.25, 0.3) is 11.3 Å². The van der Waals surface area contributed by atoms with Crippen molar-refractivity contribution < 1.29 is 9.90 Å². The second-order valence-corrected chi connectivity index (χ2v) is 5.99. The highest BCUT2D eigenvalue weighted by Crippen LogP contribution is 2.36. The lowest BCUT2D eigenvalue weighted by molar-refractivity contribution is -0.141. The molecular formula is C14H14BrN3O2. The molecule has 1 heterocycles. The highest BCUT2D eigenvalue weighted by Gasteiger charge is 2.32. The molecule has 0 bridgehead atoms. The van der Waals surface area contributed by atoms with E-state index in [1.807, 2.05) is 28.9 Å². The zero-order chi connectivity index (χ0) is 14.1. The van der Waals surface area contributed by atoms with Gasteiger partial charge in [-0.3, -0.25) is 4.79 Å².